The highest BCUT2D eigenvalue weighted by atomic mass is 19.1. The van der Waals surface area contributed by atoms with Crippen LogP contribution in [0.2, 0.25) is 0 Å². The van der Waals surface area contributed by atoms with Crippen molar-refractivity contribution in [3.8, 4) is 11.3 Å². The molecule has 0 radical (unpaired) electrons. The van der Waals surface area contributed by atoms with Crippen LogP contribution in [0.3, 0.4) is 0 Å². The first-order chi connectivity index (χ1) is 13.1. The molecule has 0 fully saturated rings. The third kappa shape index (κ3) is 5.07. The maximum absolute atomic E-state index is 13.8. The minimum Gasteiger partial charge on any atom is -0.461 e. The molecule has 3 aromatic rings. The number of aryl methyl sites for hydroxylation is 1. The Hall–Kier alpha value is -3.35. The lowest BCUT2D eigenvalue weighted by Gasteiger charge is -2.05. The summed E-state index contributed by atoms with van der Waals surface area (Å²) in [5.41, 5.74) is 0.389. The van der Waals surface area contributed by atoms with Gasteiger partial charge in [0.05, 0.1) is 11.8 Å². The van der Waals surface area contributed by atoms with Gasteiger partial charge in [-0.25, -0.2) is 4.39 Å². The Labute approximate surface area is 155 Å². The smallest absolute Gasteiger partial charge is 0.287 e. The molecule has 0 saturated heterocycles. The van der Waals surface area contributed by atoms with Gasteiger partial charge in [-0.3, -0.25) is 9.59 Å². The summed E-state index contributed by atoms with van der Waals surface area (Å²) in [5.74, 6) is 0.424. The van der Waals surface area contributed by atoms with Crippen molar-refractivity contribution in [2.24, 2.45) is 0 Å². The molecule has 0 spiro atoms. The first-order valence-corrected chi connectivity index (χ1v) is 8.55. The second kappa shape index (κ2) is 8.84. The van der Waals surface area contributed by atoms with Gasteiger partial charge in [0.1, 0.15) is 17.3 Å². The summed E-state index contributed by atoms with van der Waals surface area (Å²) in [6.07, 6.45) is 2.05. The van der Waals surface area contributed by atoms with Gasteiger partial charge in [0, 0.05) is 25.9 Å². The van der Waals surface area contributed by atoms with Gasteiger partial charge in [-0.2, -0.15) is 0 Å². The molecule has 0 saturated carbocycles. The number of hydrogen-bond acceptors (Lipinski definition) is 4. The van der Waals surface area contributed by atoms with E-state index in [9.17, 15) is 14.0 Å². The number of rotatable bonds is 8. The van der Waals surface area contributed by atoms with Crippen LogP contribution in [0.4, 0.5) is 4.39 Å². The van der Waals surface area contributed by atoms with Crippen LogP contribution in [0, 0.1) is 5.82 Å². The summed E-state index contributed by atoms with van der Waals surface area (Å²) in [6.45, 7) is 0.605. The third-order valence-electron chi connectivity index (χ3n) is 3.88. The van der Waals surface area contributed by atoms with E-state index in [1.54, 1.807) is 42.5 Å². The Morgan fingerprint density at radius 2 is 1.78 bits per heavy atom. The van der Waals surface area contributed by atoms with Gasteiger partial charge in [0.25, 0.3) is 5.91 Å². The fourth-order valence-electron chi connectivity index (χ4n) is 2.52. The summed E-state index contributed by atoms with van der Waals surface area (Å²) in [5, 5.41) is 5.35. The molecule has 3 rings (SSSR count). The zero-order valence-corrected chi connectivity index (χ0v) is 14.5. The van der Waals surface area contributed by atoms with Crippen molar-refractivity contribution in [3.05, 3.63) is 72.1 Å². The number of carbonyl (C=O) groups is 2. The Bertz CT molecular complexity index is 902. The molecule has 6 nitrogen and oxygen atoms in total. The van der Waals surface area contributed by atoms with Crippen molar-refractivity contribution in [1.29, 1.82) is 0 Å². The van der Waals surface area contributed by atoms with Gasteiger partial charge < -0.3 is 19.5 Å². The van der Waals surface area contributed by atoms with Crippen molar-refractivity contribution in [2.75, 3.05) is 13.1 Å². The standard InChI is InChI=1S/C20H19FN2O4/c21-16-5-2-1-4-15(16)17-9-7-14(27-17)8-10-19(24)22-11-12-23-20(25)18-6-3-13-26-18/h1-7,9,13H,8,10-12H2,(H,22,24)(H,23,25). The van der Waals surface area contributed by atoms with E-state index in [1.165, 1.54) is 12.3 Å². The second-order valence-corrected chi connectivity index (χ2v) is 5.83. The van der Waals surface area contributed by atoms with Crippen molar-refractivity contribution >= 4 is 11.8 Å². The Balaban J connectivity index is 1.38. The Kier molecular flexibility index (Phi) is 6.04. The van der Waals surface area contributed by atoms with Crippen LogP contribution < -0.4 is 10.6 Å². The van der Waals surface area contributed by atoms with Crippen LogP contribution in [0.15, 0.2) is 63.6 Å². The molecule has 0 atom stereocenters. The predicted molar refractivity (Wildman–Crippen MR) is 96.5 cm³/mol. The highest BCUT2D eigenvalue weighted by Crippen LogP contribution is 2.25. The zero-order valence-electron chi connectivity index (χ0n) is 14.5. The maximum atomic E-state index is 13.8. The molecular weight excluding hydrogens is 351 g/mol. The first-order valence-electron chi connectivity index (χ1n) is 8.55. The number of carbonyl (C=O) groups excluding carboxylic acids is 2. The molecule has 1 aromatic carbocycles. The lowest BCUT2D eigenvalue weighted by atomic mass is 10.1. The van der Waals surface area contributed by atoms with Crippen molar-refractivity contribution in [3.63, 3.8) is 0 Å². The number of amides is 2. The van der Waals surface area contributed by atoms with E-state index in [4.69, 9.17) is 8.83 Å². The molecule has 2 N–H and O–H groups in total. The summed E-state index contributed by atoms with van der Waals surface area (Å²) in [7, 11) is 0. The highest BCUT2D eigenvalue weighted by molar-refractivity contribution is 5.91. The highest BCUT2D eigenvalue weighted by Gasteiger charge is 2.11. The summed E-state index contributed by atoms with van der Waals surface area (Å²) in [4.78, 5) is 23.5. The van der Waals surface area contributed by atoms with E-state index in [0.717, 1.165) is 0 Å². The molecule has 0 aliphatic heterocycles. The predicted octanol–water partition coefficient (Wildman–Crippen LogP) is 3.16. The number of benzene rings is 1. The van der Waals surface area contributed by atoms with Crippen LogP contribution >= 0.6 is 0 Å². The fourth-order valence-corrected chi connectivity index (χ4v) is 2.52. The fraction of sp³-hybridized carbons (Fsp3) is 0.200. The van der Waals surface area contributed by atoms with Crippen molar-refractivity contribution < 1.29 is 22.8 Å². The Morgan fingerprint density at radius 1 is 0.963 bits per heavy atom. The molecule has 140 valence electrons. The van der Waals surface area contributed by atoms with Crippen molar-refractivity contribution in [2.45, 2.75) is 12.8 Å². The second-order valence-electron chi connectivity index (χ2n) is 5.83. The lowest BCUT2D eigenvalue weighted by molar-refractivity contribution is -0.121. The van der Waals surface area contributed by atoms with Crippen LogP contribution in [0.1, 0.15) is 22.7 Å². The van der Waals surface area contributed by atoms with Crippen LogP contribution in [0.5, 0.6) is 0 Å². The maximum Gasteiger partial charge on any atom is 0.287 e. The normalized spacial score (nSPS) is 10.6. The van der Waals surface area contributed by atoms with Gasteiger partial charge >= 0.3 is 0 Å². The van der Waals surface area contributed by atoms with Crippen LogP contribution in [-0.4, -0.2) is 24.9 Å². The van der Waals surface area contributed by atoms with Gasteiger partial charge in [0.2, 0.25) is 5.91 Å². The van der Waals surface area contributed by atoms with E-state index in [-0.39, 0.29) is 29.8 Å². The molecule has 0 bridgehead atoms. The first kappa shape index (κ1) is 18.4. The molecule has 0 aliphatic carbocycles. The molecule has 2 heterocycles. The molecule has 0 unspecified atom stereocenters. The molecule has 0 aliphatic rings. The van der Waals surface area contributed by atoms with E-state index in [1.807, 2.05) is 0 Å². The number of furan rings is 2. The quantitative estimate of drug-likeness (QED) is 0.597. The van der Waals surface area contributed by atoms with E-state index >= 15 is 0 Å². The lowest BCUT2D eigenvalue weighted by Crippen LogP contribution is -2.34. The monoisotopic (exact) mass is 370 g/mol. The average Bonchev–Trinajstić information content (AvgIpc) is 3.35. The minimum atomic E-state index is -0.354. The molecule has 2 aromatic heterocycles. The van der Waals surface area contributed by atoms with E-state index < -0.39 is 0 Å². The van der Waals surface area contributed by atoms with Crippen molar-refractivity contribution in [1.82, 2.24) is 10.6 Å². The number of halogens is 1. The summed E-state index contributed by atoms with van der Waals surface area (Å²) >= 11 is 0. The summed E-state index contributed by atoms with van der Waals surface area (Å²) < 4.78 is 24.3. The topological polar surface area (TPSA) is 84.5 Å². The SMILES string of the molecule is O=C(CCc1ccc(-c2ccccc2F)o1)NCCNC(=O)c1ccco1. The number of nitrogens with one attached hydrogen (secondary N) is 2. The average molecular weight is 370 g/mol. The van der Waals surface area contributed by atoms with Gasteiger partial charge in [0.15, 0.2) is 5.76 Å². The molecule has 7 heteroatoms. The van der Waals surface area contributed by atoms with Gasteiger partial charge in [-0.05, 0) is 36.4 Å². The molecular formula is C20H19FN2O4. The van der Waals surface area contributed by atoms with Gasteiger partial charge in [-0.15, -0.1) is 0 Å². The molecule has 2 amide bonds. The van der Waals surface area contributed by atoms with Crippen LogP contribution in [0.25, 0.3) is 11.3 Å². The van der Waals surface area contributed by atoms with E-state index in [0.29, 0.717) is 36.6 Å². The van der Waals surface area contributed by atoms with Crippen LogP contribution in [-0.2, 0) is 11.2 Å². The molecule has 27 heavy (non-hydrogen) atoms. The Morgan fingerprint density at radius 3 is 2.56 bits per heavy atom. The van der Waals surface area contributed by atoms with Gasteiger partial charge in [-0.1, -0.05) is 12.1 Å². The largest absolute Gasteiger partial charge is 0.461 e. The zero-order chi connectivity index (χ0) is 19.1. The minimum absolute atomic E-state index is 0.161. The summed E-state index contributed by atoms with van der Waals surface area (Å²) in [6, 6.07) is 13.0. The number of hydrogen-bond donors (Lipinski definition) is 2. The van der Waals surface area contributed by atoms with E-state index in [2.05, 4.69) is 10.6 Å². The third-order valence-corrected chi connectivity index (χ3v) is 3.88.